The molecule has 0 N–H and O–H groups in total. The van der Waals surface area contributed by atoms with E-state index in [2.05, 4.69) is 5.16 Å². The molecule has 0 fully saturated rings. The molecule has 0 heterocycles. The molecule has 0 amide bonds. The second-order valence-corrected chi connectivity index (χ2v) is 6.55. The fourth-order valence-electron chi connectivity index (χ4n) is 2.79. The molecule has 0 aliphatic heterocycles. The van der Waals surface area contributed by atoms with Crippen LogP contribution in [0.4, 0.5) is 0 Å². The molecular weight excluding hydrogens is 372 g/mol. The van der Waals surface area contributed by atoms with Gasteiger partial charge < -0.3 is 4.84 Å². The average molecular weight is 389 g/mol. The van der Waals surface area contributed by atoms with Gasteiger partial charge in [0.1, 0.15) is 12.7 Å². The highest BCUT2D eigenvalue weighted by Gasteiger charge is 2.15. The first kappa shape index (κ1) is 19.3. The number of halogens is 1. The predicted octanol–water partition coefficient (Wildman–Crippen LogP) is 5.59. The van der Waals surface area contributed by atoms with Crippen LogP contribution in [0.5, 0.6) is 0 Å². The highest BCUT2D eigenvalue weighted by atomic mass is 35.5. The largest absolute Gasteiger partial charge is 0.390 e. The summed E-state index contributed by atoms with van der Waals surface area (Å²) in [5, 5.41) is 13.5. The van der Waals surface area contributed by atoms with Crippen LogP contribution in [0.1, 0.15) is 21.5 Å². The number of benzene rings is 3. The van der Waals surface area contributed by atoms with Crippen molar-refractivity contribution < 1.29 is 9.63 Å². The number of nitrogens with zero attached hydrogens (tertiary/aromatic N) is 2. The van der Waals surface area contributed by atoms with Gasteiger partial charge in [-0.05, 0) is 53.4 Å². The van der Waals surface area contributed by atoms with Crippen molar-refractivity contribution in [2.24, 2.45) is 5.16 Å². The molecule has 5 heteroatoms. The van der Waals surface area contributed by atoms with Crippen molar-refractivity contribution in [2.75, 3.05) is 0 Å². The fourth-order valence-corrected chi connectivity index (χ4v) is 2.91. The van der Waals surface area contributed by atoms with Crippen LogP contribution >= 0.6 is 11.6 Å². The number of hydrogen-bond acceptors (Lipinski definition) is 4. The molecule has 138 valence electrons. The van der Waals surface area contributed by atoms with Crippen molar-refractivity contribution in [2.45, 2.75) is 13.5 Å². The van der Waals surface area contributed by atoms with E-state index >= 15 is 0 Å². The summed E-state index contributed by atoms with van der Waals surface area (Å²) in [6.07, 6.45) is 0. The Morgan fingerprint density at radius 3 is 2.43 bits per heavy atom. The van der Waals surface area contributed by atoms with E-state index in [4.69, 9.17) is 16.4 Å². The van der Waals surface area contributed by atoms with Gasteiger partial charge in [0.25, 0.3) is 0 Å². The second-order valence-electron chi connectivity index (χ2n) is 6.12. The summed E-state index contributed by atoms with van der Waals surface area (Å²) in [4.78, 5) is 17.7. The van der Waals surface area contributed by atoms with Crippen molar-refractivity contribution >= 4 is 23.1 Å². The van der Waals surface area contributed by atoms with Gasteiger partial charge >= 0.3 is 0 Å². The van der Waals surface area contributed by atoms with E-state index in [1.54, 1.807) is 30.3 Å². The van der Waals surface area contributed by atoms with Crippen LogP contribution in [-0.2, 0) is 11.4 Å². The quantitative estimate of drug-likeness (QED) is 0.314. The maximum Gasteiger partial charge on any atom is 0.227 e. The number of Topliss-reactive ketones (excluding diaryl/α,β-unsaturated/α-hetero) is 1. The van der Waals surface area contributed by atoms with Crippen LogP contribution in [0.2, 0.25) is 5.02 Å². The van der Waals surface area contributed by atoms with E-state index in [0.29, 0.717) is 10.6 Å². The SMILES string of the molecule is Cc1c(CO/N=C(\C#N)C(=O)c2ccc(Cl)cc2)cccc1-c1ccccc1. The fraction of sp³-hybridized carbons (Fsp3) is 0.0870. The van der Waals surface area contributed by atoms with Gasteiger partial charge in [-0.15, -0.1) is 0 Å². The summed E-state index contributed by atoms with van der Waals surface area (Å²) in [7, 11) is 0. The minimum absolute atomic E-state index is 0.158. The Morgan fingerprint density at radius 2 is 1.75 bits per heavy atom. The van der Waals surface area contributed by atoms with E-state index < -0.39 is 5.78 Å². The zero-order valence-corrected chi connectivity index (χ0v) is 16.0. The maximum absolute atomic E-state index is 12.4. The first-order valence-electron chi connectivity index (χ1n) is 8.64. The van der Waals surface area contributed by atoms with Crippen LogP contribution in [0.3, 0.4) is 0 Å². The molecule has 3 rings (SSSR count). The highest BCUT2D eigenvalue weighted by Crippen LogP contribution is 2.26. The van der Waals surface area contributed by atoms with E-state index in [1.807, 2.05) is 55.5 Å². The Bertz CT molecular complexity index is 1050. The van der Waals surface area contributed by atoms with E-state index in [1.165, 1.54) is 0 Å². The molecule has 0 aliphatic carbocycles. The summed E-state index contributed by atoms with van der Waals surface area (Å²) in [6, 6.07) is 24.0. The monoisotopic (exact) mass is 388 g/mol. The molecule has 0 atom stereocenters. The summed E-state index contributed by atoms with van der Waals surface area (Å²) in [5.41, 5.74) is 4.23. The molecule has 0 radical (unpaired) electrons. The lowest BCUT2D eigenvalue weighted by Gasteiger charge is -2.11. The topological polar surface area (TPSA) is 62.4 Å². The number of rotatable bonds is 6. The minimum Gasteiger partial charge on any atom is -0.390 e. The van der Waals surface area contributed by atoms with Crippen molar-refractivity contribution in [3.05, 3.63) is 94.5 Å². The van der Waals surface area contributed by atoms with Gasteiger partial charge in [0.2, 0.25) is 11.5 Å². The van der Waals surface area contributed by atoms with Gasteiger partial charge in [0, 0.05) is 10.6 Å². The van der Waals surface area contributed by atoms with Gasteiger partial charge in [0.05, 0.1) is 0 Å². The van der Waals surface area contributed by atoms with Crippen molar-refractivity contribution in [1.82, 2.24) is 0 Å². The summed E-state index contributed by atoms with van der Waals surface area (Å²) in [5.74, 6) is -0.506. The number of oxime groups is 1. The zero-order chi connectivity index (χ0) is 19.9. The van der Waals surface area contributed by atoms with Gasteiger partial charge in [-0.25, -0.2) is 0 Å². The molecule has 3 aromatic carbocycles. The zero-order valence-electron chi connectivity index (χ0n) is 15.2. The third kappa shape index (κ3) is 4.46. The summed E-state index contributed by atoms with van der Waals surface area (Å²) >= 11 is 5.82. The Hall–Kier alpha value is -3.42. The smallest absolute Gasteiger partial charge is 0.227 e. The number of nitriles is 1. The van der Waals surface area contributed by atoms with Crippen LogP contribution in [0.25, 0.3) is 11.1 Å². The molecule has 0 unspecified atom stereocenters. The molecule has 0 aromatic heterocycles. The van der Waals surface area contributed by atoms with Gasteiger partial charge in [-0.2, -0.15) is 5.26 Å². The molecule has 0 saturated heterocycles. The lowest BCUT2D eigenvalue weighted by Crippen LogP contribution is -2.13. The molecule has 28 heavy (non-hydrogen) atoms. The number of ketones is 1. The lowest BCUT2D eigenvalue weighted by atomic mass is 9.97. The maximum atomic E-state index is 12.4. The van der Waals surface area contributed by atoms with Gasteiger partial charge in [-0.3, -0.25) is 4.79 Å². The molecule has 4 nitrogen and oxygen atoms in total. The number of hydrogen-bond donors (Lipinski definition) is 0. The summed E-state index contributed by atoms with van der Waals surface area (Å²) < 4.78 is 0. The molecule has 0 aliphatic rings. The Labute approximate surface area is 168 Å². The number of carbonyl (C=O) groups excluding carboxylic acids is 1. The summed E-state index contributed by atoms with van der Waals surface area (Å²) in [6.45, 7) is 2.17. The second kappa shape index (κ2) is 8.98. The van der Waals surface area contributed by atoms with Crippen molar-refractivity contribution in [3.63, 3.8) is 0 Å². The Morgan fingerprint density at radius 1 is 1.04 bits per heavy atom. The highest BCUT2D eigenvalue weighted by molar-refractivity contribution is 6.51. The Balaban J connectivity index is 1.75. The average Bonchev–Trinajstić information content (AvgIpc) is 2.73. The standard InChI is InChI=1S/C23H17ClN2O2/c1-16-19(8-5-9-21(16)17-6-3-2-4-7-17)15-28-26-22(14-25)23(27)18-10-12-20(24)13-11-18/h2-13H,15H2,1H3/b26-22+. The van der Waals surface area contributed by atoms with Crippen molar-refractivity contribution in [1.29, 1.82) is 5.26 Å². The molecule has 0 saturated carbocycles. The lowest BCUT2D eigenvalue weighted by molar-refractivity contribution is 0.103. The van der Waals surface area contributed by atoms with E-state index in [9.17, 15) is 10.1 Å². The van der Waals surface area contributed by atoms with Crippen LogP contribution in [-0.4, -0.2) is 11.5 Å². The molecule has 3 aromatic rings. The van der Waals surface area contributed by atoms with E-state index in [0.717, 1.165) is 22.3 Å². The normalized spacial score (nSPS) is 11.0. The van der Waals surface area contributed by atoms with Crippen LogP contribution < -0.4 is 0 Å². The van der Waals surface area contributed by atoms with Gasteiger partial charge in [-0.1, -0.05) is 65.3 Å². The third-order valence-electron chi connectivity index (χ3n) is 4.33. The van der Waals surface area contributed by atoms with Crippen molar-refractivity contribution in [3.8, 4) is 17.2 Å². The van der Waals surface area contributed by atoms with Crippen LogP contribution in [0, 0.1) is 18.3 Å². The molecule has 0 spiro atoms. The Kier molecular flexibility index (Phi) is 6.21. The third-order valence-corrected chi connectivity index (χ3v) is 4.59. The first-order valence-corrected chi connectivity index (χ1v) is 9.02. The molecule has 0 bridgehead atoms. The predicted molar refractivity (Wildman–Crippen MR) is 110 cm³/mol. The van der Waals surface area contributed by atoms with E-state index in [-0.39, 0.29) is 12.3 Å². The minimum atomic E-state index is -0.506. The first-order chi connectivity index (χ1) is 13.6. The molecular formula is C23H17ClN2O2. The number of carbonyl (C=O) groups is 1. The van der Waals surface area contributed by atoms with Crippen LogP contribution in [0.15, 0.2) is 78.0 Å². The van der Waals surface area contributed by atoms with Gasteiger partial charge in [0.15, 0.2) is 0 Å².